The van der Waals surface area contributed by atoms with Crippen molar-refractivity contribution in [3.63, 3.8) is 0 Å². The third kappa shape index (κ3) is 10.1. The molecule has 0 unspecified atom stereocenters. The molecule has 0 aliphatic rings. The first-order valence-electron chi connectivity index (χ1n) is 6.52. The summed E-state index contributed by atoms with van der Waals surface area (Å²) in [6.45, 7) is 3.71. The van der Waals surface area contributed by atoms with Crippen LogP contribution in [-0.2, 0) is 24.2 Å². The molecule has 0 rings (SSSR count). The van der Waals surface area contributed by atoms with Gasteiger partial charge in [0.05, 0.1) is 0 Å². The molecule has 3 N–H and O–H groups in total. The maximum Gasteiger partial charge on any atom is 0.515 e. The lowest BCUT2D eigenvalue weighted by Crippen LogP contribution is -2.45. The first-order valence-corrected chi connectivity index (χ1v) is 11.7. The Hall–Kier alpha value is 0.627. The molecule has 0 aliphatic carbocycles. The van der Waals surface area contributed by atoms with E-state index in [1.54, 1.807) is 0 Å². The van der Waals surface area contributed by atoms with Gasteiger partial charge in [-0.3, -0.25) is 14.7 Å². The van der Waals surface area contributed by atoms with Gasteiger partial charge in [0.25, 0.3) is 0 Å². The van der Waals surface area contributed by atoms with E-state index in [2.05, 4.69) is 0 Å². The van der Waals surface area contributed by atoms with Crippen molar-refractivity contribution < 1.29 is 28.0 Å². The summed E-state index contributed by atoms with van der Waals surface area (Å²) in [6.07, 6.45) is 1.55. The third-order valence-corrected chi connectivity index (χ3v) is 7.79. The van der Waals surface area contributed by atoms with Crippen molar-refractivity contribution in [2.45, 2.75) is 39.7 Å². The number of hydrogen-bond acceptors (Lipinski definition) is 3. The van der Waals surface area contributed by atoms with Gasteiger partial charge in [-0.05, 0) is 27.2 Å². The normalized spacial score (nSPS) is 12.7. The van der Waals surface area contributed by atoms with Crippen molar-refractivity contribution in [3.05, 3.63) is 0 Å². The Morgan fingerprint density at radius 2 is 1.37 bits per heavy atom. The zero-order valence-corrected chi connectivity index (χ0v) is 14.6. The summed E-state index contributed by atoms with van der Waals surface area (Å²) in [5.41, 5.74) is 0. The highest BCUT2D eigenvalue weighted by Gasteiger charge is 2.39. The van der Waals surface area contributed by atoms with Crippen molar-refractivity contribution >= 4 is 26.5 Å². The molecule has 116 valence electrons. The van der Waals surface area contributed by atoms with Gasteiger partial charge in [-0.2, -0.15) is 0 Å². The van der Waals surface area contributed by atoms with E-state index in [4.69, 9.17) is 28.0 Å². The molecule has 19 heavy (non-hydrogen) atoms. The molecule has 0 aromatic heterocycles. The summed E-state index contributed by atoms with van der Waals surface area (Å²) in [5, 5.41) is 0. The molecule has 0 aromatic carbocycles. The van der Waals surface area contributed by atoms with Crippen LogP contribution in [0.3, 0.4) is 0 Å². The smallest absolute Gasteiger partial charge is 0.374 e. The zero-order chi connectivity index (χ0) is 14.8. The fourth-order valence-electron chi connectivity index (χ4n) is 1.63. The number of rotatable bonds is 11. The standard InChI is InChI=1S/C10H26O6PSSi/c1-4-14-19(15-5-2,16-6-3)10-8-7-9-18-17(11,12)13/h11-13H,4-10H2,1-3H3/q+1. The largest absolute Gasteiger partial charge is 0.515 e. The van der Waals surface area contributed by atoms with E-state index < -0.39 is 15.5 Å². The summed E-state index contributed by atoms with van der Waals surface area (Å²) in [6, 6.07) is 0.705. The van der Waals surface area contributed by atoms with Crippen LogP contribution in [0.4, 0.5) is 0 Å². The van der Waals surface area contributed by atoms with E-state index >= 15 is 0 Å². The molecular formula is C10H26O6PSSi+. The quantitative estimate of drug-likeness (QED) is 0.230. The van der Waals surface area contributed by atoms with Gasteiger partial charge < -0.3 is 13.3 Å². The Morgan fingerprint density at radius 3 is 1.74 bits per heavy atom. The second-order valence-corrected chi connectivity index (χ2v) is 10.5. The maximum atomic E-state index is 8.85. The Kier molecular flexibility index (Phi) is 10.7. The highest BCUT2D eigenvalue weighted by atomic mass is 32.5. The minimum Gasteiger partial charge on any atom is -0.374 e. The van der Waals surface area contributed by atoms with Crippen molar-refractivity contribution in [1.29, 1.82) is 0 Å². The van der Waals surface area contributed by atoms with Crippen molar-refractivity contribution in [2.75, 3.05) is 25.6 Å². The first kappa shape index (κ1) is 19.6. The Bertz CT molecular complexity index is 260. The minimum absolute atomic E-state index is 0.492. The molecule has 0 radical (unpaired) electrons. The number of unbranched alkanes of at least 4 members (excludes halogenated alkanes) is 1. The predicted octanol–water partition coefficient (Wildman–Crippen LogP) is 1.55. The fourth-order valence-corrected chi connectivity index (χ4v) is 6.02. The van der Waals surface area contributed by atoms with Gasteiger partial charge >= 0.3 is 15.5 Å². The Morgan fingerprint density at radius 1 is 0.895 bits per heavy atom. The van der Waals surface area contributed by atoms with Gasteiger partial charge in [-0.1, -0.05) is 0 Å². The van der Waals surface area contributed by atoms with Gasteiger partial charge in [0, 0.05) is 32.3 Å². The molecule has 0 fully saturated rings. The molecule has 0 amide bonds. The molecule has 0 saturated heterocycles. The van der Waals surface area contributed by atoms with Crippen molar-refractivity contribution in [1.82, 2.24) is 0 Å². The molecular weight excluding hydrogens is 307 g/mol. The first-order chi connectivity index (χ1) is 8.89. The van der Waals surface area contributed by atoms with E-state index in [1.807, 2.05) is 20.8 Å². The van der Waals surface area contributed by atoms with E-state index in [9.17, 15) is 0 Å². The van der Waals surface area contributed by atoms with Crippen LogP contribution < -0.4 is 0 Å². The van der Waals surface area contributed by atoms with E-state index in [0.717, 1.165) is 23.8 Å². The lowest BCUT2D eigenvalue weighted by molar-refractivity contribution is 0.0708. The second-order valence-electron chi connectivity index (χ2n) is 3.79. The highest BCUT2D eigenvalue weighted by molar-refractivity contribution is 8.16. The van der Waals surface area contributed by atoms with Gasteiger partial charge in [0.15, 0.2) is 5.75 Å². The minimum atomic E-state index is -3.70. The third-order valence-electron chi connectivity index (χ3n) is 2.23. The second kappa shape index (κ2) is 10.4. The predicted molar refractivity (Wildman–Crippen MR) is 80.5 cm³/mol. The monoisotopic (exact) mass is 333 g/mol. The van der Waals surface area contributed by atoms with Gasteiger partial charge in [-0.15, -0.1) is 0 Å². The van der Waals surface area contributed by atoms with E-state index in [1.165, 1.54) is 0 Å². The summed E-state index contributed by atoms with van der Waals surface area (Å²) in [7, 11) is -1.78. The molecule has 0 spiro atoms. The van der Waals surface area contributed by atoms with Gasteiger partial charge in [0.2, 0.25) is 10.9 Å². The van der Waals surface area contributed by atoms with Gasteiger partial charge in [-0.25, -0.2) is 0 Å². The van der Waals surface area contributed by atoms with Crippen molar-refractivity contribution in [3.8, 4) is 0 Å². The molecule has 0 aliphatic heterocycles. The lowest BCUT2D eigenvalue weighted by atomic mass is 10.4. The van der Waals surface area contributed by atoms with Crippen molar-refractivity contribution in [2.24, 2.45) is 0 Å². The molecule has 0 heterocycles. The molecule has 6 nitrogen and oxygen atoms in total. The SMILES string of the molecule is CCO[Si](CCCC[S+]=P(O)(O)O)(OCC)OCC. The molecule has 9 heteroatoms. The van der Waals surface area contributed by atoms with Crippen LogP contribution in [0.5, 0.6) is 0 Å². The van der Waals surface area contributed by atoms with E-state index in [0.29, 0.717) is 31.6 Å². The zero-order valence-electron chi connectivity index (χ0n) is 11.9. The summed E-state index contributed by atoms with van der Waals surface area (Å²) in [5.74, 6) is 0.492. The van der Waals surface area contributed by atoms with E-state index in [-0.39, 0.29) is 0 Å². The fraction of sp³-hybridized carbons (Fsp3) is 1.00. The molecule has 0 aromatic rings. The summed E-state index contributed by atoms with van der Waals surface area (Å²) < 4.78 is 17.1. The Balaban J connectivity index is 4.25. The topological polar surface area (TPSA) is 88.4 Å². The lowest BCUT2D eigenvalue weighted by Gasteiger charge is -2.28. The van der Waals surface area contributed by atoms with Crippen LogP contribution >= 0.6 is 6.72 Å². The summed E-state index contributed by atoms with van der Waals surface area (Å²) >= 11 is 0. The van der Waals surface area contributed by atoms with Crippen LogP contribution in [0.15, 0.2) is 0 Å². The molecule has 0 bridgehead atoms. The van der Waals surface area contributed by atoms with Crippen LogP contribution in [0.25, 0.3) is 0 Å². The summed E-state index contributed by atoms with van der Waals surface area (Å²) in [4.78, 5) is 26.5. The van der Waals surface area contributed by atoms with Gasteiger partial charge in [0.1, 0.15) is 0 Å². The molecule has 0 atom stereocenters. The van der Waals surface area contributed by atoms with Crippen LogP contribution in [0.1, 0.15) is 33.6 Å². The van der Waals surface area contributed by atoms with Crippen LogP contribution in [0.2, 0.25) is 6.04 Å². The number of hydrogen-bond donors (Lipinski definition) is 3. The molecule has 0 saturated carbocycles. The van der Waals surface area contributed by atoms with Crippen LogP contribution in [-0.4, -0.2) is 49.1 Å². The average molecular weight is 333 g/mol. The average Bonchev–Trinajstić information content (AvgIpc) is 2.28. The Labute approximate surface area is 120 Å². The van der Waals surface area contributed by atoms with Crippen LogP contribution in [0, 0.1) is 0 Å². The highest BCUT2D eigenvalue weighted by Crippen LogP contribution is 2.31. The maximum absolute atomic E-state index is 8.85.